The van der Waals surface area contributed by atoms with Crippen LogP contribution in [0.15, 0.2) is 22.9 Å². The molecule has 0 N–H and O–H groups in total. The lowest BCUT2D eigenvalue weighted by atomic mass is 10.1. The van der Waals surface area contributed by atoms with E-state index in [1.165, 1.54) is 7.11 Å². The van der Waals surface area contributed by atoms with Gasteiger partial charge in [0.15, 0.2) is 11.5 Å². The number of oxime groups is 1. The van der Waals surface area contributed by atoms with Gasteiger partial charge in [-0.1, -0.05) is 16.8 Å². The smallest absolute Gasteiger partial charge is 0.367 e. The molecule has 6 heteroatoms. The lowest BCUT2D eigenvalue weighted by Crippen LogP contribution is -2.02. The van der Waals surface area contributed by atoms with E-state index in [1.807, 2.05) is 6.92 Å². The van der Waals surface area contributed by atoms with Crippen LogP contribution in [0.4, 0.5) is 0 Å². The van der Waals surface area contributed by atoms with Gasteiger partial charge < -0.3 is 14.3 Å². The van der Waals surface area contributed by atoms with Crippen molar-refractivity contribution >= 4 is 29.4 Å². The molecule has 20 heavy (non-hydrogen) atoms. The van der Waals surface area contributed by atoms with E-state index in [9.17, 15) is 4.79 Å². The molecule has 1 aromatic rings. The molecule has 0 saturated heterocycles. The van der Waals surface area contributed by atoms with E-state index < -0.39 is 5.97 Å². The van der Waals surface area contributed by atoms with Crippen molar-refractivity contribution in [3.8, 4) is 11.5 Å². The van der Waals surface area contributed by atoms with E-state index in [-0.39, 0.29) is 0 Å². The molecule has 0 unspecified atom stereocenters. The van der Waals surface area contributed by atoms with E-state index >= 15 is 0 Å². The Bertz CT molecular complexity index is 607. The van der Waals surface area contributed by atoms with Crippen LogP contribution in [-0.2, 0) is 9.63 Å². The van der Waals surface area contributed by atoms with Crippen LogP contribution in [0.25, 0.3) is 6.08 Å². The van der Waals surface area contributed by atoms with E-state index in [1.54, 1.807) is 25.1 Å². The quantitative estimate of drug-likeness (QED) is 0.633. The Morgan fingerprint density at radius 1 is 1.45 bits per heavy atom. The maximum absolute atomic E-state index is 11.5. The standard InChI is InChI=1S/C14H14ClNO4/c1-4-19-13-11(15)6-9(7-12(13)18-3)5-10-8(2)16-20-14(10)17/h5-7H,4H2,1-3H3/b10-5+. The SMILES string of the molecule is CCOc1c(Cl)cc(/C=C2/C(=O)ON=C2C)cc1OC. The van der Waals surface area contributed by atoms with Gasteiger partial charge in [0.2, 0.25) is 0 Å². The van der Waals surface area contributed by atoms with Crippen molar-refractivity contribution in [1.29, 1.82) is 0 Å². The van der Waals surface area contributed by atoms with Gasteiger partial charge in [-0.15, -0.1) is 0 Å². The number of carbonyl (C=O) groups excluding carboxylic acids is 1. The average Bonchev–Trinajstić information content (AvgIpc) is 2.73. The molecule has 1 aliphatic rings. The van der Waals surface area contributed by atoms with Gasteiger partial charge in [-0.3, -0.25) is 0 Å². The minimum absolute atomic E-state index is 0.396. The minimum atomic E-state index is -0.480. The summed E-state index contributed by atoms with van der Waals surface area (Å²) >= 11 is 6.17. The third kappa shape index (κ3) is 2.77. The van der Waals surface area contributed by atoms with Crippen LogP contribution >= 0.6 is 11.6 Å². The van der Waals surface area contributed by atoms with Gasteiger partial charge in [-0.25, -0.2) is 4.79 Å². The number of nitrogens with zero attached hydrogens (tertiary/aromatic N) is 1. The van der Waals surface area contributed by atoms with Gasteiger partial charge in [-0.2, -0.15) is 0 Å². The molecule has 0 fully saturated rings. The van der Waals surface area contributed by atoms with Gasteiger partial charge in [0.1, 0.15) is 0 Å². The van der Waals surface area contributed by atoms with Crippen molar-refractivity contribution in [1.82, 2.24) is 0 Å². The van der Waals surface area contributed by atoms with Crippen LogP contribution in [0.5, 0.6) is 11.5 Å². The molecule has 0 atom stereocenters. The molecule has 0 aliphatic carbocycles. The van der Waals surface area contributed by atoms with E-state index in [0.717, 1.165) is 0 Å². The average molecular weight is 296 g/mol. The normalized spacial score (nSPS) is 16.1. The van der Waals surface area contributed by atoms with Crippen LogP contribution in [0, 0.1) is 0 Å². The number of carbonyl (C=O) groups is 1. The third-order valence-corrected chi connectivity index (χ3v) is 3.01. The van der Waals surface area contributed by atoms with E-state index in [4.69, 9.17) is 21.1 Å². The molecule has 1 aromatic carbocycles. The van der Waals surface area contributed by atoms with E-state index in [2.05, 4.69) is 9.99 Å². The summed E-state index contributed by atoms with van der Waals surface area (Å²) in [6, 6.07) is 3.43. The van der Waals surface area contributed by atoms with Gasteiger partial charge >= 0.3 is 5.97 Å². The summed E-state index contributed by atoms with van der Waals surface area (Å²) in [5.74, 6) is 0.511. The zero-order valence-electron chi connectivity index (χ0n) is 11.4. The van der Waals surface area contributed by atoms with Crippen molar-refractivity contribution < 1.29 is 19.1 Å². The molecular weight excluding hydrogens is 282 g/mol. The first-order chi connectivity index (χ1) is 9.56. The lowest BCUT2D eigenvalue weighted by Gasteiger charge is -2.12. The highest BCUT2D eigenvalue weighted by Crippen LogP contribution is 2.37. The zero-order valence-corrected chi connectivity index (χ0v) is 12.2. The van der Waals surface area contributed by atoms with Gasteiger partial charge in [0, 0.05) is 0 Å². The molecule has 5 nitrogen and oxygen atoms in total. The Hall–Kier alpha value is -2.01. The Morgan fingerprint density at radius 2 is 2.20 bits per heavy atom. The predicted octanol–water partition coefficient (Wildman–Crippen LogP) is 3.06. The van der Waals surface area contributed by atoms with Crippen molar-refractivity contribution in [2.75, 3.05) is 13.7 Å². The summed E-state index contributed by atoms with van der Waals surface area (Å²) in [6.07, 6.45) is 1.65. The monoisotopic (exact) mass is 295 g/mol. The number of methoxy groups -OCH3 is 1. The molecule has 0 aromatic heterocycles. The number of hydrogen-bond acceptors (Lipinski definition) is 5. The largest absolute Gasteiger partial charge is 0.493 e. The first-order valence-corrected chi connectivity index (χ1v) is 6.43. The Morgan fingerprint density at radius 3 is 2.75 bits per heavy atom. The maximum Gasteiger partial charge on any atom is 0.367 e. The number of ether oxygens (including phenoxy) is 2. The fourth-order valence-electron chi connectivity index (χ4n) is 1.79. The second-order valence-corrected chi connectivity index (χ2v) is 4.49. The molecule has 0 radical (unpaired) electrons. The summed E-state index contributed by atoms with van der Waals surface area (Å²) in [4.78, 5) is 16.1. The van der Waals surface area contributed by atoms with Gasteiger partial charge in [-0.05, 0) is 37.6 Å². The summed E-state index contributed by atoms with van der Waals surface area (Å²) in [5.41, 5.74) is 1.63. The first kappa shape index (κ1) is 14.4. The van der Waals surface area contributed by atoms with Crippen molar-refractivity contribution in [3.05, 3.63) is 28.3 Å². The molecule has 2 rings (SSSR count). The maximum atomic E-state index is 11.5. The number of benzene rings is 1. The molecule has 1 heterocycles. The minimum Gasteiger partial charge on any atom is -0.493 e. The number of rotatable bonds is 4. The van der Waals surface area contributed by atoms with Crippen molar-refractivity contribution in [2.24, 2.45) is 5.16 Å². The highest BCUT2D eigenvalue weighted by atomic mass is 35.5. The Labute approximate surface area is 121 Å². The first-order valence-electron chi connectivity index (χ1n) is 6.05. The van der Waals surface area contributed by atoms with Crippen LogP contribution in [0.2, 0.25) is 5.02 Å². The van der Waals surface area contributed by atoms with Crippen molar-refractivity contribution in [2.45, 2.75) is 13.8 Å². The van der Waals surface area contributed by atoms with Gasteiger partial charge in [0.05, 0.1) is 30.0 Å². The van der Waals surface area contributed by atoms with Crippen LogP contribution in [0.1, 0.15) is 19.4 Å². The Balaban J connectivity index is 2.44. The molecule has 0 spiro atoms. The fourth-order valence-corrected chi connectivity index (χ4v) is 2.07. The second-order valence-electron chi connectivity index (χ2n) is 4.08. The lowest BCUT2D eigenvalue weighted by molar-refractivity contribution is -0.136. The third-order valence-electron chi connectivity index (χ3n) is 2.73. The summed E-state index contributed by atoms with van der Waals surface area (Å²) < 4.78 is 10.7. The number of halogens is 1. The summed E-state index contributed by atoms with van der Waals surface area (Å²) in [7, 11) is 1.53. The summed E-state index contributed by atoms with van der Waals surface area (Å²) in [6.45, 7) is 4.04. The molecular formula is C14H14ClNO4. The van der Waals surface area contributed by atoms with Crippen LogP contribution in [-0.4, -0.2) is 25.4 Å². The zero-order chi connectivity index (χ0) is 14.7. The molecule has 0 bridgehead atoms. The second kappa shape index (κ2) is 5.96. The topological polar surface area (TPSA) is 57.1 Å². The van der Waals surface area contributed by atoms with Crippen LogP contribution < -0.4 is 9.47 Å². The summed E-state index contributed by atoms with van der Waals surface area (Å²) in [5, 5.41) is 4.03. The predicted molar refractivity (Wildman–Crippen MR) is 76.4 cm³/mol. The number of hydrogen-bond donors (Lipinski definition) is 0. The molecule has 0 saturated carbocycles. The highest BCUT2D eigenvalue weighted by molar-refractivity contribution is 6.32. The fraction of sp³-hybridized carbons (Fsp3) is 0.286. The van der Waals surface area contributed by atoms with Gasteiger partial charge in [0.25, 0.3) is 0 Å². The van der Waals surface area contributed by atoms with Crippen molar-refractivity contribution in [3.63, 3.8) is 0 Å². The van der Waals surface area contributed by atoms with Crippen LogP contribution in [0.3, 0.4) is 0 Å². The molecule has 106 valence electrons. The van der Waals surface area contributed by atoms with E-state index in [0.29, 0.717) is 40.0 Å². The molecule has 0 amide bonds. The highest BCUT2D eigenvalue weighted by Gasteiger charge is 2.22. The Kier molecular flexibility index (Phi) is 4.29. The molecule has 1 aliphatic heterocycles.